The van der Waals surface area contributed by atoms with Crippen LogP contribution in [0.1, 0.15) is 41.9 Å². The Kier molecular flexibility index (Phi) is 8.82. The summed E-state index contributed by atoms with van der Waals surface area (Å²) in [7, 11) is -3.07. The second kappa shape index (κ2) is 14.2. The minimum absolute atomic E-state index is 0.199. The first-order chi connectivity index (χ1) is 27.9. The molecule has 0 spiro atoms. The van der Waals surface area contributed by atoms with Crippen molar-refractivity contribution in [2.24, 2.45) is 0 Å². The van der Waals surface area contributed by atoms with E-state index in [-0.39, 0.29) is 5.04 Å². The predicted molar refractivity (Wildman–Crippen MR) is 248 cm³/mol. The molecular formula is C52H40N2S2Si. The van der Waals surface area contributed by atoms with Crippen LogP contribution < -0.4 is 5.19 Å². The standard InChI is InChI=1S/C52H40N2S2Si/c1-52(2,3)57(41-27-17-8-18-28-41)48(50-53-42-33-39(29-31-44(42)55-50)35-19-9-4-10-20-35)46(37-23-13-6-14-24-37)47(38-25-15-7-16-26-38)49(57)51-54-43-34-40(30-32-45(43)56-51)36-21-11-5-12-22-36/h4-34H,1-3H3. The average molecular weight is 785 g/mol. The van der Waals surface area contributed by atoms with Gasteiger partial charge < -0.3 is 0 Å². The molecule has 9 aromatic rings. The second-order valence-corrected chi connectivity index (χ2v) is 22.4. The van der Waals surface area contributed by atoms with E-state index >= 15 is 0 Å². The van der Waals surface area contributed by atoms with E-state index < -0.39 is 8.07 Å². The van der Waals surface area contributed by atoms with Gasteiger partial charge in [-0.3, -0.25) is 0 Å². The van der Waals surface area contributed by atoms with Crippen molar-refractivity contribution in [1.29, 1.82) is 0 Å². The first-order valence-electron chi connectivity index (χ1n) is 19.5. The number of fused-ring (bicyclic) bond motifs is 2. The number of benzene rings is 7. The maximum absolute atomic E-state index is 5.69. The number of rotatable bonds is 7. The lowest BCUT2D eigenvalue weighted by Crippen LogP contribution is -2.56. The third-order valence-electron chi connectivity index (χ3n) is 11.4. The number of hydrogen-bond donors (Lipinski definition) is 0. The molecule has 274 valence electrons. The van der Waals surface area contributed by atoms with Crippen molar-refractivity contribution in [2.75, 3.05) is 0 Å². The predicted octanol–water partition coefficient (Wildman–Crippen LogP) is 14.0. The first kappa shape index (κ1) is 35.4. The Balaban J connectivity index is 1.33. The van der Waals surface area contributed by atoms with Gasteiger partial charge in [0.1, 0.15) is 10.0 Å². The molecule has 1 aliphatic rings. The quantitative estimate of drug-likeness (QED) is 0.150. The summed E-state index contributed by atoms with van der Waals surface area (Å²) in [6.07, 6.45) is 0. The molecule has 1 aliphatic heterocycles. The lowest BCUT2D eigenvalue weighted by molar-refractivity contribution is 0.741. The Hall–Kier alpha value is -5.98. The van der Waals surface area contributed by atoms with Crippen LogP contribution in [0.4, 0.5) is 0 Å². The molecule has 2 aromatic heterocycles. The zero-order chi connectivity index (χ0) is 38.6. The second-order valence-electron chi connectivity index (χ2n) is 15.7. The van der Waals surface area contributed by atoms with Gasteiger partial charge >= 0.3 is 0 Å². The molecule has 0 bridgehead atoms. The van der Waals surface area contributed by atoms with Crippen LogP contribution in [0.2, 0.25) is 5.04 Å². The third kappa shape index (κ3) is 5.97. The molecule has 0 aliphatic carbocycles. The fourth-order valence-electron chi connectivity index (χ4n) is 8.92. The summed E-state index contributed by atoms with van der Waals surface area (Å²) in [5, 5.41) is 6.09. The number of aromatic nitrogens is 2. The maximum atomic E-state index is 5.69. The molecule has 0 saturated carbocycles. The van der Waals surface area contributed by atoms with E-state index in [0.29, 0.717) is 0 Å². The third-order valence-corrected chi connectivity index (χ3v) is 19.8. The van der Waals surface area contributed by atoms with E-state index in [0.717, 1.165) is 21.0 Å². The lowest BCUT2D eigenvalue weighted by Gasteiger charge is -2.44. The summed E-state index contributed by atoms with van der Waals surface area (Å²) < 4.78 is 2.38. The summed E-state index contributed by atoms with van der Waals surface area (Å²) in [6, 6.07) is 68.3. The molecule has 57 heavy (non-hydrogen) atoms. The normalized spacial score (nSPS) is 14.2. The van der Waals surface area contributed by atoms with Crippen LogP contribution in [0.5, 0.6) is 0 Å². The topological polar surface area (TPSA) is 25.8 Å². The van der Waals surface area contributed by atoms with Crippen molar-refractivity contribution < 1.29 is 0 Å². The lowest BCUT2D eigenvalue weighted by atomic mass is 9.91. The Morgan fingerprint density at radius 1 is 0.386 bits per heavy atom. The summed E-state index contributed by atoms with van der Waals surface area (Å²) in [4.78, 5) is 11.4. The van der Waals surface area contributed by atoms with Crippen LogP contribution in [0.3, 0.4) is 0 Å². The van der Waals surface area contributed by atoms with Gasteiger partial charge in [-0.2, -0.15) is 0 Å². The van der Waals surface area contributed by atoms with Crippen molar-refractivity contribution in [3.63, 3.8) is 0 Å². The molecule has 0 amide bonds. The van der Waals surface area contributed by atoms with Gasteiger partial charge in [0, 0.05) is 0 Å². The summed E-state index contributed by atoms with van der Waals surface area (Å²) in [6.45, 7) is 7.39. The van der Waals surface area contributed by atoms with Gasteiger partial charge in [0.25, 0.3) is 0 Å². The Labute approximate surface area is 343 Å². The van der Waals surface area contributed by atoms with E-state index in [1.807, 2.05) is 22.7 Å². The van der Waals surface area contributed by atoms with Crippen molar-refractivity contribution >= 4 is 77.9 Å². The fourth-order valence-corrected chi connectivity index (χ4v) is 17.9. The molecule has 0 radical (unpaired) electrons. The number of allylic oxidation sites excluding steroid dienone is 2. The monoisotopic (exact) mass is 784 g/mol. The molecule has 7 aromatic carbocycles. The van der Waals surface area contributed by atoms with Crippen molar-refractivity contribution in [2.45, 2.75) is 25.8 Å². The summed E-state index contributed by atoms with van der Waals surface area (Å²) in [5.74, 6) is 0. The van der Waals surface area contributed by atoms with Gasteiger partial charge in [-0.15, -0.1) is 22.7 Å². The highest BCUT2D eigenvalue weighted by molar-refractivity contribution is 7.31. The zero-order valence-electron chi connectivity index (χ0n) is 32.1. The van der Waals surface area contributed by atoms with Crippen molar-refractivity contribution in [3.05, 3.63) is 209 Å². The first-order valence-corrected chi connectivity index (χ1v) is 23.1. The van der Waals surface area contributed by atoms with Gasteiger partial charge in [-0.1, -0.05) is 185 Å². The Bertz CT molecular complexity index is 2780. The van der Waals surface area contributed by atoms with E-state index in [4.69, 9.17) is 9.97 Å². The minimum atomic E-state index is -3.07. The van der Waals surface area contributed by atoms with E-state index in [1.54, 1.807) is 0 Å². The minimum Gasteiger partial charge on any atom is -0.237 e. The molecule has 0 unspecified atom stereocenters. The van der Waals surface area contributed by atoms with Gasteiger partial charge in [0.15, 0.2) is 8.07 Å². The van der Waals surface area contributed by atoms with E-state index in [2.05, 4.69) is 209 Å². The zero-order valence-corrected chi connectivity index (χ0v) is 34.7. The van der Waals surface area contributed by atoms with Crippen LogP contribution in [0.25, 0.3) is 64.2 Å². The summed E-state index contributed by atoms with van der Waals surface area (Å²) in [5.41, 5.74) is 11.8. The molecule has 5 heteroatoms. The smallest absolute Gasteiger partial charge is 0.162 e. The Morgan fingerprint density at radius 2 is 0.737 bits per heavy atom. The van der Waals surface area contributed by atoms with Crippen molar-refractivity contribution in [3.8, 4) is 22.3 Å². The van der Waals surface area contributed by atoms with Crippen molar-refractivity contribution in [1.82, 2.24) is 9.97 Å². The largest absolute Gasteiger partial charge is 0.237 e. The van der Waals surface area contributed by atoms with Crippen LogP contribution in [-0.2, 0) is 0 Å². The molecule has 0 atom stereocenters. The highest BCUT2D eigenvalue weighted by Gasteiger charge is 2.60. The van der Waals surface area contributed by atoms with Gasteiger partial charge in [0.2, 0.25) is 0 Å². The SMILES string of the molecule is CC(C)(C)[Si]1(c2ccccc2)C(c2nc3cc(-c4ccccc4)ccc3s2)=C(c2ccccc2)C(c2ccccc2)=C1c1nc2cc(-c3ccccc3)ccc2s1. The molecule has 0 fully saturated rings. The van der Waals surface area contributed by atoms with Gasteiger partial charge in [-0.05, 0) is 89.4 Å². The molecule has 2 nitrogen and oxygen atoms in total. The number of thiazole rings is 2. The van der Waals surface area contributed by atoms with Crippen LogP contribution in [-0.4, -0.2) is 18.0 Å². The molecule has 0 N–H and O–H groups in total. The van der Waals surface area contributed by atoms with Crippen LogP contribution in [0, 0.1) is 0 Å². The number of nitrogens with zero attached hydrogens (tertiary/aromatic N) is 2. The Morgan fingerprint density at radius 3 is 1.11 bits per heavy atom. The summed E-state index contributed by atoms with van der Waals surface area (Å²) >= 11 is 3.66. The molecular weight excluding hydrogens is 745 g/mol. The highest BCUT2D eigenvalue weighted by atomic mass is 32.1. The molecule has 0 saturated heterocycles. The maximum Gasteiger partial charge on any atom is 0.162 e. The van der Waals surface area contributed by atoms with E-state index in [1.165, 1.54) is 69.5 Å². The molecule has 10 rings (SSSR count). The molecule has 3 heterocycles. The number of hydrogen-bond acceptors (Lipinski definition) is 4. The van der Waals surface area contributed by atoms with Gasteiger partial charge in [-0.25, -0.2) is 9.97 Å². The van der Waals surface area contributed by atoms with Gasteiger partial charge in [0.05, 0.1) is 20.4 Å². The van der Waals surface area contributed by atoms with Crippen LogP contribution in [0.15, 0.2) is 188 Å². The van der Waals surface area contributed by atoms with E-state index in [9.17, 15) is 0 Å². The fraction of sp³-hybridized carbons (Fsp3) is 0.0769. The average Bonchev–Trinajstić information content (AvgIpc) is 3.97. The highest BCUT2D eigenvalue weighted by Crippen LogP contribution is 2.63. The van der Waals surface area contributed by atoms with Crippen LogP contribution >= 0.6 is 22.7 Å².